The average molecular weight is 341 g/mol. The van der Waals surface area contributed by atoms with E-state index < -0.39 is 10.0 Å². The van der Waals surface area contributed by atoms with Crippen LogP contribution in [0.2, 0.25) is 10.0 Å². The van der Waals surface area contributed by atoms with Gasteiger partial charge in [-0.15, -0.1) is 0 Å². The predicted octanol–water partition coefficient (Wildman–Crippen LogP) is 3.97. The summed E-state index contributed by atoms with van der Waals surface area (Å²) in [6.45, 7) is 1.86. The van der Waals surface area contributed by atoms with Crippen molar-refractivity contribution in [2.75, 3.05) is 4.72 Å². The van der Waals surface area contributed by atoms with Gasteiger partial charge in [0.2, 0.25) is 0 Å². The molecule has 0 amide bonds. The van der Waals surface area contributed by atoms with Crippen LogP contribution in [-0.2, 0) is 10.0 Å². The van der Waals surface area contributed by atoms with Gasteiger partial charge in [-0.3, -0.25) is 4.72 Å². The van der Waals surface area contributed by atoms with Crippen LogP contribution in [0.5, 0.6) is 0 Å². The fourth-order valence-corrected chi connectivity index (χ4v) is 3.10. The van der Waals surface area contributed by atoms with E-state index >= 15 is 0 Å². The summed E-state index contributed by atoms with van der Waals surface area (Å²) in [7, 11) is -3.80. The van der Waals surface area contributed by atoms with Crippen molar-refractivity contribution < 1.29 is 8.42 Å². The molecule has 0 saturated carbocycles. The molecular weight excluding hydrogens is 331 g/mol. The van der Waals surface area contributed by atoms with Crippen LogP contribution in [0, 0.1) is 18.3 Å². The van der Waals surface area contributed by atoms with Gasteiger partial charge in [0.25, 0.3) is 10.0 Å². The molecule has 2 aromatic rings. The number of benzene rings is 2. The number of anilines is 1. The van der Waals surface area contributed by atoms with Gasteiger partial charge in [-0.2, -0.15) is 5.26 Å². The van der Waals surface area contributed by atoms with E-state index in [0.29, 0.717) is 0 Å². The molecule has 0 saturated heterocycles. The van der Waals surface area contributed by atoms with Crippen LogP contribution in [0.4, 0.5) is 5.69 Å². The Kier molecular flexibility index (Phi) is 4.43. The molecule has 1 N–H and O–H groups in total. The summed E-state index contributed by atoms with van der Waals surface area (Å²) in [5.74, 6) is 0. The normalized spacial score (nSPS) is 11.0. The maximum atomic E-state index is 12.3. The molecule has 0 spiro atoms. The fourth-order valence-electron chi connectivity index (χ4n) is 1.67. The van der Waals surface area contributed by atoms with Crippen molar-refractivity contribution in [1.82, 2.24) is 0 Å². The Morgan fingerprint density at radius 3 is 2.29 bits per heavy atom. The molecule has 0 aliphatic rings. The summed E-state index contributed by atoms with van der Waals surface area (Å²) in [6.07, 6.45) is 0. The van der Waals surface area contributed by atoms with Gasteiger partial charge in [-0.25, -0.2) is 8.42 Å². The number of nitrogens with zero attached hydrogens (tertiary/aromatic N) is 1. The topological polar surface area (TPSA) is 70.0 Å². The highest BCUT2D eigenvalue weighted by Crippen LogP contribution is 2.32. The van der Waals surface area contributed by atoms with E-state index in [1.165, 1.54) is 24.3 Å². The standard InChI is InChI=1S/C14H10Cl2N2O2S/c1-9-2-4-10(5-3-9)21(19,20)18-13-7-6-12(15)14(16)11(13)8-17/h2-7,18H,1H3. The van der Waals surface area contributed by atoms with Gasteiger partial charge in [0.15, 0.2) is 0 Å². The molecule has 0 fully saturated rings. The minimum atomic E-state index is -3.80. The van der Waals surface area contributed by atoms with Crippen molar-refractivity contribution in [3.05, 3.63) is 57.6 Å². The maximum absolute atomic E-state index is 12.3. The van der Waals surface area contributed by atoms with E-state index in [2.05, 4.69) is 4.72 Å². The Morgan fingerprint density at radius 1 is 1.10 bits per heavy atom. The number of aryl methyl sites for hydroxylation is 1. The van der Waals surface area contributed by atoms with Gasteiger partial charge in [0.05, 0.1) is 26.2 Å². The number of hydrogen-bond donors (Lipinski definition) is 1. The number of nitriles is 1. The van der Waals surface area contributed by atoms with E-state index in [1.54, 1.807) is 12.1 Å². The SMILES string of the molecule is Cc1ccc(S(=O)(=O)Nc2ccc(Cl)c(Cl)c2C#N)cc1. The van der Waals surface area contributed by atoms with Crippen LogP contribution in [-0.4, -0.2) is 8.42 Å². The first-order valence-electron chi connectivity index (χ1n) is 5.83. The summed E-state index contributed by atoms with van der Waals surface area (Å²) < 4.78 is 26.9. The molecule has 7 heteroatoms. The first-order valence-corrected chi connectivity index (χ1v) is 8.06. The van der Waals surface area contributed by atoms with Gasteiger partial charge >= 0.3 is 0 Å². The van der Waals surface area contributed by atoms with E-state index in [-0.39, 0.29) is 26.2 Å². The highest BCUT2D eigenvalue weighted by Gasteiger charge is 2.18. The van der Waals surface area contributed by atoms with Gasteiger partial charge < -0.3 is 0 Å². The second-order valence-electron chi connectivity index (χ2n) is 4.31. The molecule has 0 unspecified atom stereocenters. The summed E-state index contributed by atoms with van der Waals surface area (Å²) in [6, 6.07) is 11.0. The largest absolute Gasteiger partial charge is 0.278 e. The summed E-state index contributed by atoms with van der Waals surface area (Å²) in [4.78, 5) is 0.100. The van der Waals surface area contributed by atoms with Gasteiger partial charge in [0.1, 0.15) is 6.07 Å². The van der Waals surface area contributed by atoms with E-state index in [9.17, 15) is 8.42 Å². The molecule has 0 radical (unpaired) electrons. The van der Waals surface area contributed by atoms with Crippen molar-refractivity contribution in [1.29, 1.82) is 5.26 Å². The van der Waals surface area contributed by atoms with Crippen molar-refractivity contribution in [2.45, 2.75) is 11.8 Å². The molecule has 2 rings (SSSR count). The number of nitrogens with one attached hydrogen (secondary N) is 1. The predicted molar refractivity (Wildman–Crippen MR) is 83.2 cm³/mol. The van der Waals surface area contributed by atoms with Crippen LogP contribution in [0.15, 0.2) is 41.3 Å². The average Bonchev–Trinajstić information content (AvgIpc) is 2.43. The van der Waals surface area contributed by atoms with Gasteiger partial charge in [-0.05, 0) is 31.2 Å². The molecular formula is C14H10Cl2N2O2S. The second-order valence-corrected chi connectivity index (χ2v) is 6.78. The van der Waals surface area contributed by atoms with Crippen LogP contribution < -0.4 is 4.72 Å². The molecule has 4 nitrogen and oxygen atoms in total. The highest BCUT2D eigenvalue weighted by molar-refractivity contribution is 7.92. The lowest BCUT2D eigenvalue weighted by Gasteiger charge is -2.11. The summed E-state index contributed by atoms with van der Waals surface area (Å²) in [5, 5.41) is 9.30. The molecule has 108 valence electrons. The molecule has 0 atom stereocenters. The van der Waals surface area contributed by atoms with Crippen LogP contribution in [0.25, 0.3) is 0 Å². The third-order valence-corrected chi connectivity index (χ3v) is 4.97. The van der Waals surface area contributed by atoms with Gasteiger partial charge in [-0.1, -0.05) is 40.9 Å². The lowest BCUT2D eigenvalue weighted by molar-refractivity contribution is 0.601. The minimum Gasteiger partial charge on any atom is -0.278 e. The third-order valence-electron chi connectivity index (χ3n) is 2.78. The van der Waals surface area contributed by atoms with Crippen LogP contribution in [0.3, 0.4) is 0 Å². The Balaban J connectivity index is 2.45. The van der Waals surface area contributed by atoms with Crippen molar-refractivity contribution in [2.24, 2.45) is 0 Å². The molecule has 0 aromatic heterocycles. The zero-order valence-corrected chi connectivity index (χ0v) is 13.2. The molecule has 0 aliphatic carbocycles. The van der Waals surface area contributed by atoms with Crippen molar-refractivity contribution in [3.8, 4) is 6.07 Å². The smallest absolute Gasteiger partial charge is 0.261 e. The molecule has 0 aliphatic heterocycles. The highest BCUT2D eigenvalue weighted by atomic mass is 35.5. The fraction of sp³-hybridized carbons (Fsp3) is 0.0714. The van der Waals surface area contributed by atoms with E-state index in [0.717, 1.165) is 5.56 Å². The summed E-state index contributed by atoms with van der Waals surface area (Å²) >= 11 is 11.7. The maximum Gasteiger partial charge on any atom is 0.261 e. The number of rotatable bonds is 3. The number of hydrogen-bond acceptors (Lipinski definition) is 3. The molecule has 0 heterocycles. The first-order chi connectivity index (χ1) is 9.85. The van der Waals surface area contributed by atoms with Crippen molar-refractivity contribution >= 4 is 38.9 Å². The van der Waals surface area contributed by atoms with E-state index in [4.69, 9.17) is 28.5 Å². The lowest BCUT2D eigenvalue weighted by Crippen LogP contribution is -2.14. The zero-order valence-electron chi connectivity index (χ0n) is 10.9. The van der Waals surface area contributed by atoms with Crippen LogP contribution >= 0.6 is 23.2 Å². The van der Waals surface area contributed by atoms with Crippen molar-refractivity contribution in [3.63, 3.8) is 0 Å². The Labute approximate surface area is 133 Å². The molecule has 0 bridgehead atoms. The lowest BCUT2D eigenvalue weighted by atomic mass is 10.2. The second kappa shape index (κ2) is 5.94. The summed E-state index contributed by atoms with van der Waals surface area (Å²) in [5.41, 5.74) is 1.02. The van der Waals surface area contributed by atoms with E-state index in [1.807, 2.05) is 13.0 Å². The number of halogens is 2. The van der Waals surface area contributed by atoms with Crippen LogP contribution in [0.1, 0.15) is 11.1 Å². The molecule has 2 aromatic carbocycles. The number of sulfonamides is 1. The zero-order chi connectivity index (χ0) is 15.6. The Hall–Kier alpha value is -1.74. The Morgan fingerprint density at radius 2 is 1.71 bits per heavy atom. The molecule has 21 heavy (non-hydrogen) atoms. The monoisotopic (exact) mass is 340 g/mol. The quantitative estimate of drug-likeness (QED) is 0.918. The first kappa shape index (κ1) is 15.6. The van der Waals surface area contributed by atoms with Gasteiger partial charge in [0, 0.05) is 0 Å². The Bertz CT molecular complexity index is 825. The third kappa shape index (κ3) is 3.30. The minimum absolute atomic E-state index is 0.0140.